The van der Waals surface area contributed by atoms with Crippen LogP contribution >= 0.6 is 0 Å². The molecule has 3 rings (SSSR count). The van der Waals surface area contributed by atoms with E-state index in [0.29, 0.717) is 18.9 Å². The largest absolute Gasteiger partial charge is 0.508 e. The monoisotopic (exact) mass is 342 g/mol. The molecule has 1 saturated heterocycles. The molecule has 0 spiro atoms. The minimum atomic E-state index is 0.203. The van der Waals surface area contributed by atoms with E-state index < -0.39 is 0 Å². The summed E-state index contributed by atoms with van der Waals surface area (Å²) in [7, 11) is 0. The lowest BCUT2D eigenvalue weighted by Crippen LogP contribution is -2.49. The van der Waals surface area contributed by atoms with Crippen molar-refractivity contribution in [1.82, 2.24) is 14.5 Å². The maximum atomic E-state index is 12.5. The number of amides is 1. The fourth-order valence-corrected chi connectivity index (χ4v) is 3.26. The molecule has 0 bridgehead atoms. The Kier molecular flexibility index (Phi) is 5.26. The van der Waals surface area contributed by atoms with E-state index in [2.05, 4.69) is 28.3 Å². The van der Waals surface area contributed by atoms with Gasteiger partial charge < -0.3 is 19.5 Å². The highest BCUT2D eigenvalue weighted by Gasteiger charge is 2.21. The summed E-state index contributed by atoms with van der Waals surface area (Å²) in [6.07, 6.45) is 4.26. The van der Waals surface area contributed by atoms with Crippen LogP contribution in [0.2, 0.25) is 0 Å². The van der Waals surface area contributed by atoms with Gasteiger partial charge in [0.2, 0.25) is 5.91 Å². The predicted octanol–water partition coefficient (Wildman–Crippen LogP) is 2.45. The topological polar surface area (TPSA) is 61.6 Å². The second-order valence-electron chi connectivity index (χ2n) is 6.77. The van der Waals surface area contributed by atoms with Gasteiger partial charge in [0.1, 0.15) is 11.6 Å². The predicted molar refractivity (Wildman–Crippen MR) is 97.8 cm³/mol. The molecule has 25 heavy (non-hydrogen) atoms. The van der Waals surface area contributed by atoms with Crippen LogP contribution in [-0.4, -0.2) is 51.6 Å². The van der Waals surface area contributed by atoms with Crippen molar-refractivity contribution in [2.24, 2.45) is 0 Å². The summed E-state index contributed by atoms with van der Waals surface area (Å²) in [5, 5.41) is 9.38. The molecule has 0 radical (unpaired) electrons. The summed E-state index contributed by atoms with van der Waals surface area (Å²) in [5.74, 6) is 1.87. The molecule has 2 aromatic rings. The fourth-order valence-electron chi connectivity index (χ4n) is 3.26. The van der Waals surface area contributed by atoms with Crippen LogP contribution in [0.15, 0.2) is 36.7 Å². The molecular formula is C19H26N4O2. The molecular weight excluding hydrogens is 316 g/mol. The van der Waals surface area contributed by atoms with Gasteiger partial charge in [0.25, 0.3) is 0 Å². The van der Waals surface area contributed by atoms with Crippen molar-refractivity contribution in [2.75, 3.05) is 31.1 Å². The first-order valence-electron chi connectivity index (χ1n) is 8.87. The van der Waals surface area contributed by atoms with Crippen molar-refractivity contribution >= 4 is 11.6 Å². The highest BCUT2D eigenvalue weighted by atomic mass is 16.3. The first kappa shape index (κ1) is 17.3. The third kappa shape index (κ3) is 4.13. The van der Waals surface area contributed by atoms with Crippen LogP contribution < -0.4 is 4.90 Å². The number of benzene rings is 1. The van der Waals surface area contributed by atoms with Gasteiger partial charge >= 0.3 is 0 Å². The quantitative estimate of drug-likeness (QED) is 0.907. The minimum absolute atomic E-state index is 0.203. The number of phenolic OH excluding ortho intramolecular Hbond substituents is 1. The third-order valence-electron chi connectivity index (χ3n) is 4.68. The molecule has 0 unspecified atom stereocenters. The first-order valence-corrected chi connectivity index (χ1v) is 8.87. The molecule has 0 aliphatic carbocycles. The SMILES string of the molecule is CC(C)c1nccn1CCC(=O)N1CCN(c2ccc(O)cc2)CC1. The van der Waals surface area contributed by atoms with Crippen LogP contribution in [0, 0.1) is 0 Å². The molecule has 134 valence electrons. The normalized spacial score (nSPS) is 15.0. The summed E-state index contributed by atoms with van der Waals surface area (Å²) in [6.45, 7) is 8.02. The molecule has 1 amide bonds. The number of phenols is 1. The van der Waals surface area contributed by atoms with Gasteiger partial charge in [-0.25, -0.2) is 4.98 Å². The van der Waals surface area contributed by atoms with Gasteiger partial charge in [-0.15, -0.1) is 0 Å². The Balaban J connectivity index is 1.50. The Bertz CT molecular complexity index is 700. The van der Waals surface area contributed by atoms with Gasteiger partial charge in [0.05, 0.1) is 0 Å². The number of carbonyl (C=O) groups excluding carboxylic acids is 1. The molecule has 0 atom stereocenters. The summed E-state index contributed by atoms with van der Waals surface area (Å²) in [5.41, 5.74) is 1.09. The zero-order valence-corrected chi connectivity index (χ0v) is 14.9. The Morgan fingerprint density at radius 3 is 2.48 bits per heavy atom. The molecule has 1 aliphatic heterocycles. The second-order valence-corrected chi connectivity index (χ2v) is 6.77. The average Bonchev–Trinajstić information content (AvgIpc) is 3.09. The summed E-state index contributed by atoms with van der Waals surface area (Å²) >= 11 is 0. The molecule has 1 aromatic heterocycles. The highest BCUT2D eigenvalue weighted by molar-refractivity contribution is 5.76. The lowest BCUT2D eigenvalue weighted by molar-refractivity contribution is -0.131. The summed E-state index contributed by atoms with van der Waals surface area (Å²) < 4.78 is 2.08. The van der Waals surface area contributed by atoms with Crippen molar-refractivity contribution in [3.63, 3.8) is 0 Å². The van der Waals surface area contributed by atoms with Gasteiger partial charge in [0.15, 0.2) is 0 Å². The summed E-state index contributed by atoms with van der Waals surface area (Å²) in [6, 6.07) is 7.23. The molecule has 1 aromatic carbocycles. The van der Waals surface area contributed by atoms with Gasteiger partial charge in [-0.2, -0.15) is 0 Å². The number of hydrogen-bond acceptors (Lipinski definition) is 4. The standard InChI is InChI=1S/C19H26N4O2/c1-15(2)19-20-8-10-23(19)9-7-18(25)22-13-11-21(12-14-22)16-3-5-17(24)6-4-16/h3-6,8,10,15,24H,7,9,11-14H2,1-2H3. The first-order chi connectivity index (χ1) is 12.0. The van der Waals surface area contributed by atoms with Crippen molar-refractivity contribution in [3.8, 4) is 5.75 Å². The zero-order valence-electron chi connectivity index (χ0n) is 14.9. The number of hydrogen-bond donors (Lipinski definition) is 1. The maximum Gasteiger partial charge on any atom is 0.224 e. The van der Waals surface area contributed by atoms with E-state index in [-0.39, 0.29) is 11.7 Å². The van der Waals surface area contributed by atoms with E-state index in [1.807, 2.05) is 23.2 Å². The Labute approximate surface area is 148 Å². The zero-order chi connectivity index (χ0) is 17.8. The van der Waals surface area contributed by atoms with Crippen LogP contribution in [-0.2, 0) is 11.3 Å². The number of rotatable bonds is 5. The highest BCUT2D eigenvalue weighted by Crippen LogP contribution is 2.20. The van der Waals surface area contributed by atoms with E-state index in [9.17, 15) is 9.90 Å². The molecule has 6 nitrogen and oxygen atoms in total. The van der Waals surface area contributed by atoms with Crippen molar-refractivity contribution in [3.05, 3.63) is 42.5 Å². The number of piperazine rings is 1. The van der Waals surface area contributed by atoms with Crippen LogP contribution in [0.5, 0.6) is 5.75 Å². The number of aromatic nitrogens is 2. The average molecular weight is 342 g/mol. The molecule has 1 N–H and O–H groups in total. The van der Waals surface area contributed by atoms with Crippen LogP contribution in [0.4, 0.5) is 5.69 Å². The van der Waals surface area contributed by atoms with Crippen LogP contribution in [0.1, 0.15) is 32.0 Å². The Morgan fingerprint density at radius 2 is 1.84 bits per heavy atom. The molecule has 2 heterocycles. The van der Waals surface area contributed by atoms with Crippen molar-refractivity contribution < 1.29 is 9.90 Å². The van der Waals surface area contributed by atoms with E-state index in [0.717, 1.165) is 37.7 Å². The van der Waals surface area contributed by atoms with E-state index in [1.54, 1.807) is 18.3 Å². The van der Waals surface area contributed by atoms with Crippen molar-refractivity contribution in [1.29, 1.82) is 0 Å². The Hall–Kier alpha value is -2.50. The van der Waals surface area contributed by atoms with Gasteiger partial charge in [-0.1, -0.05) is 13.8 Å². The van der Waals surface area contributed by atoms with Crippen LogP contribution in [0.25, 0.3) is 0 Å². The number of anilines is 1. The Morgan fingerprint density at radius 1 is 1.16 bits per heavy atom. The number of aryl methyl sites for hydroxylation is 1. The van der Waals surface area contributed by atoms with Gasteiger partial charge in [-0.05, 0) is 24.3 Å². The smallest absolute Gasteiger partial charge is 0.224 e. The molecule has 6 heteroatoms. The fraction of sp³-hybridized carbons (Fsp3) is 0.474. The van der Waals surface area contributed by atoms with E-state index >= 15 is 0 Å². The number of carbonyl (C=O) groups is 1. The molecule has 1 fully saturated rings. The maximum absolute atomic E-state index is 12.5. The lowest BCUT2D eigenvalue weighted by atomic mass is 10.2. The van der Waals surface area contributed by atoms with Gasteiger partial charge in [-0.3, -0.25) is 4.79 Å². The molecule has 0 saturated carbocycles. The number of aromatic hydroxyl groups is 1. The third-order valence-corrected chi connectivity index (χ3v) is 4.68. The number of imidazole rings is 1. The molecule has 1 aliphatic rings. The van der Waals surface area contributed by atoms with Crippen LogP contribution in [0.3, 0.4) is 0 Å². The second kappa shape index (κ2) is 7.59. The van der Waals surface area contributed by atoms with Gasteiger partial charge in [0, 0.05) is 63.1 Å². The lowest BCUT2D eigenvalue weighted by Gasteiger charge is -2.36. The van der Waals surface area contributed by atoms with Crippen molar-refractivity contribution in [2.45, 2.75) is 32.7 Å². The van der Waals surface area contributed by atoms with E-state index in [4.69, 9.17) is 0 Å². The number of nitrogens with zero attached hydrogens (tertiary/aromatic N) is 4. The van der Waals surface area contributed by atoms with E-state index in [1.165, 1.54) is 0 Å². The summed E-state index contributed by atoms with van der Waals surface area (Å²) in [4.78, 5) is 21.1. The minimum Gasteiger partial charge on any atom is -0.508 e.